The lowest BCUT2D eigenvalue weighted by molar-refractivity contribution is 0.330. The normalized spacial score (nSPS) is 12.4. The van der Waals surface area contributed by atoms with Crippen LogP contribution < -0.4 is 9.46 Å². The molecule has 0 heterocycles. The van der Waals surface area contributed by atoms with Crippen LogP contribution in [-0.2, 0) is 26.5 Å². The Morgan fingerprint density at radius 3 is 2.14 bits per heavy atom. The quantitative estimate of drug-likeness (QED) is 0.646. The van der Waals surface area contributed by atoms with E-state index in [4.69, 9.17) is 4.74 Å². The fourth-order valence-corrected chi connectivity index (χ4v) is 4.83. The smallest absolute Gasteiger partial charge is 0.261 e. The lowest BCUT2D eigenvalue weighted by Crippen LogP contribution is -2.23. The van der Waals surface area contributed by atoms with E-state index < -0.39 is 20.0 Å². The number of sulfonamides is 2. The highest BCUT2D eigenvalue weighted by molar-refractivity contribution is 7.92. The molecule has 9 heteroatoms. The number of ether oxygens (including phenoxy) is 1. The van der Waals surface area contributed by atoms with Crippen LogP contribution in [0.15, 0.2) is 52.3 Å². The first kappa shape index (κ1) is 23.2. The summed E-state index contributed by atoms with van der Waals surface area (Å²) in [6.45, 7) is 6.21. The molecule has 2 aromatic rings. The van der Waals surface area contributed by atoms with E-state index in [-0.39, 0.29) is 27.8 Å². The molecule has 0 aromatic heterocycles. The van der Waals surface area contributed by atoms with E-state index in [2.05, 4.69) is 18.6 Å². The summed E-state index contributed by atoms with van der Waals surface area (Å²) in [5.74, 6) is 0.638. The molecule has 29 heavy (non-hydrogen) atoms. The lowest BCUT2D eigenvalue weighted by Gasteiger charge is -2.17. The van der Waals surface area contributed by atoms with Crippen LogP contribution in [0.2, 0.25) is 0 Å². The first-order valence-electron chi connectivity index (χ1n) is 9.28. The predicted molar refractivity (Wildman–Crippen MR) is 114 cm³/mol. The van der Waals surface area contributed by atoms with Gasteiger partial charge in [0.05, 0.1) is 17.2 Å². The van der Waals surface area contributed by atoms with Gasteiger partial charge in [-0.25, -0.2) is 21.1 Å². The van der Waals surface area contributed by atoms with Crippen molar-refractivity contribution in [3.05, 3.63) is 48.0 Å². The Hall–Kier alpha value is -2.10. The van der Waals surface area contributed by atoms with E-state index in [1.54, 1.807) is 31.2 Å². The molecule has 160 valence electrons. The number of hydrogen-bond acceptors (Lipinski definition) is 5. The molecule has 0 atom stereocenters. The van der Waals surface area contributed by atoms with E-state index in [1.165, 1.54) is 32.3 Å². The van der Waals surface area contributed by atoms with Crippen LogP contribution in [-0.4, -0.2) is 41.8 Å². The van der Waals surface area contributed by atoms with E-state index in [0.717, 1.165) is 16.3 Å². The van der Waals surface area contributed by atoms with E-state index in [0.29, 0.717) is 5.92 Å². The predicted octanol–water partition coefficient (Wildman–Crippen LogP) is 3.33. The average molecular weight is 441 g/mol. The van der Waals surface area contributed by atoms with Crippen molar-refractivity contribution in [2.24, 2.45) is 5.92 Å². The molecule has 0 saturated heterocycles. The number of nitrogens with zero attached hydrogens (tertiary/aromatic N) is 1. The Kier molecular flexibility index (Phi) is 7.31. The van der Waals surface area contributed by atoms with Crippen LogP contribution in [0.1, 0.15) is 26.3 Å². The van der Waals surface area contributed by atoms with Gasteiger partial charge >= 0.3 is 0 Å². The molecule has 7 nitrogen and oxygen atoms in total. The van der Waals surface area contributed by atoms with Crippen LogP contribution >= 0.6 is 0 Å². The Morgan fingerprint density at radius 1 is 1.00 bits per heavy atom. The van der Waals surface area contributed by atoms with Crippen molar-refractivity contribution in [3.63, 3.8) is 0 Å². The van der Waals surface area contributed by atoms with Crippen molar-refractivity contribution in [1.82, 2.24) is 4.31 Å². The SMILES string of the molecule is CCOc1ccc(NS(=O)(=O)c2ccc(CC(C)C)cc2)cc1S(=O)(=O)N(C)C. The molecule has 0 amide bonds. The summed E-state index contributed by atoms with van der Waals surface area (Å²) in [7, 11) is -4.87. The van der Waals surface area contributed by atoms with Gasteiger partial charge in [0.25, 0.3) is 10.0 Å². The topological polar surface area (TPSA) is 92.8 Å². The van der Waals surface area contributed by atoms with Crippen LogP contribution in [0.25, 0.3) is 0 Å². The second-order valence-corrected chi connectivity index (χ2v) is 11.0. The van der Waals surface area contributed by atoms with Gasteiger partial charge in [-0.2, -0.15) is 0 Å². The maximum atomic E-state index is 12.7. The zero-order chi connectivity index (χ0) is 21.8. The number of hydrogen-bond donors (Lipinski definition) is 1. The summed E-state index contributed by atoms with van der Waals surface area (Å²) in [6, 6.07) is 10.9. The van der Waals surface area contributed by atoms with Crippen molar-refractivity contribution >= 4 is 25.7 Å². The zero-order valence-corrected chi connectivity index (χ0v) is 19.0. The fourth-order valence-electron chi connectivity index (χ4n) is 2.73. The highest BCUT2D eigenvalue weighted by atomic mass is 32.2. The van der Waals surface area contributed by atoms with Crippen LogP contribution in [0.5, 0.6) is 5.75 Å². The number of nitrogens with one attached hydrogen (secondary N) is 1. The second kappa shape index (κ2) is 9.15. The van der Waals surface area contributed by atoms with Gasteiger partial charge in [-0.05, 0) is 55.2 Å². The Labute approximate surface area is 173 Å². The minimum Gasteiger partial charge on any atom is -0.492 e. The standard InChI is InChI=1S/C20H28N2O5S2/c1-6-27-19-12-9-17(14-20(19)29(25,26)22(4)5)21-28(23,24)18-10-7-16(8-11-18)13-15(2)3/h7-12,14-15,21H,6,13H2,1-5H3. The third kappa shape index (κ3) is 5.71. The summed E-state index contributed by atoms with van der Waals surface area (Å²) >= 11 is 0. The molecule has 0 unspecified atom stereocenters. The lowest BCUT2D eigenvalue weighted by atomic mass is 10.0. The fraction of sp³-hybridized carbons (Fsp3) is 0.400. The van der Waals surface area contributed by atoms with Crippen LogP contribution in [0, 0.1) is 5.92 Å². The minimum atomic E-state index is -3.87. The summed E-state index contributed by atoms with van der Waals surface area (Å²) in [5, 5.41) is 0. The van der Waals surface area contributed by atoms with Crippen molar-refractivity contribution in [3.8, 4) is 5.75 Å². The molecule has 0 aliphatic carbocycles. The molecule has 0 radical (unpaired) electrons. The highest BCUT2D eigenvalue weighted by Gasteiger charge is 2.24. The first-order valence-corrected chi connectivity index (χ1v) is 12.2. The molecule has 2 aromatic carbocycles. The second-order valence-electron chi connectivity index (χ2n) is 7.23. The maximum Gasteiger partial charge on any atom is 0.261 e. The summed E-state index contributed by atoms with van der Waals surface area (Å²) in [4.78, 5) is 0.00717. The first-order chi connectivity index (χ1) is 13.5. The van der Waals surface area contributed by atoms with Crippen LogP contribution in [0.3, 0.4) is 0 Å². The van der Waals surface area contributed by atoms with Gasteiger partial charge in [0.1, 0.15) is 10.6 Å². The highest BCUT2D eigenvalue weighted by Crippen LogP contribution is 2.30. The molecular formula is C20H28N2O5S2. The Morgan fingerprint density at radius 2 is 1.62 bits per heavy atom. The van der Waals surface area contributed by atoms with Crippen molar-refractivity contribution in [1.29, 1.82) is 0 Å². The molecule has 2 rings (SSSR count). The van der Waals surface area contributed by atoms with Crippen molar-refractivity contribution < 1.29 is 21.6 Å². The monoisotopic (exact) mass is 440 g/mol. The van der Waals surface area contributed by atoms with Crippen molar-refractivity contribution in [2.45, 2.75) is 37.0 Å². The Bertz CT molecular complexity index is 1040. The zero-order valence-electron chi connectivity index (χ0n) is 17.3. The summed E-state index contributed by atoms with van der Waals surface area (Å²) in [5.41, 5.74) is 1.19. The average Bonchev–Trinajstić information content (AvgIpc) is 2.62. The molecule has 0 aliphatic heterocycles. The van der Waals surface area contributed by atoms with Gasteiger partial charge < -0.3 is 4.74 Å². The molecular weight excluding hydrogens is 412 g/mol. The summed E-state index contributed by atoms with van der Waals surface area (Å²) in [6.07, 6.45) is 0.860. The van der Waals surface area contributed by atoms with E-state index in [1.807, 2.05) is 0 Å². The molecule has 0 saturated carbocycles. The summed E-state index contributed by atoms with van der Waals surface area (Å²) < 4.78 is 59.6. The van der Waals surface area contributed by atoms with E-state index >= 15 is 0 Å². The van der Waals surface area contributed by atoms with Gasteiger partial charge in [0.15, 0.2) is 0 Å². The molecule has 1 N–H and O–H groups in total. The Balaban J connectivity index is 2.37. The molecule has 0 aliphatic rings. The van der Waals surface area contributed by atoms with Gasteiger partial charge in [-0.3, -0.25) is 4.72 Å². The van der Waals surface area contributed by atoms with Crippen molar-refractivity contribution in [2.75, 3.05) is 25.4 Å². The number of benzene rings is 2. The van der Waals surface area contributed by atoms with Gasteiger partial charge in [-0.1, -0.05) is 26.0 Å². The third-order valence-corrected chi connectivity index (χ3v) is 7.37. The molecule has 0 fully saturated rings. The third-order valence-electron chi connectivity index (χ3n) is 4.13. The number of rotatable bonds is 9. The number of anilines is 1. The van der Waals surface area contributed by atoms with Gasteiger partial charge in [0, 0.05) is 14.1 Å². The van der Waals surface area contributed by atoms with E-state index in [9.17, 15) is 16.8 Å². The van der Waals surface area contributed by atoms with Crippen LogP contribution in [0.4, 0.5) is 5.69 Å². The largest absolute Gasteiger partial charge is 0.492 e. The molecule has 0 bridgehead atoms. The van der Waals surface area contributed by atoms with Gasteiger partial charge in [-0.15, -0.1) is 0 Å². The minimum absolute atomic E-state index is 0.100. The van der Waals surface area contributed by atoms with Gasteiger partial charge in [0.2, 0.25) is 10.0 Å². The maximum absolute atomic E-state index is 12.7. The molecule has 0 spiro atoms.